The number of nitrogen functional groups attached to an aromatic ring is 1. The quantitative estimate of drug-likeness (QED) is 0.563. The molecule has 9 nitrogen and oxygen atoms in total. The fraction of sp³-hybridized carbons (Fsp3) is 0.211. The van der Waals surface area contributed by atoms with Crippen LogP contribution < -0.4 is 16.4 Å². The Hall–Kier alpha value is -3.59. The van der Waals surface area contributed by atoms with E-state index in [4.69, 9.17) is 10.6 Å². The SMILES string of the molecule is CON(C)C(=O)c1ccccc1Nc1cc(Nc2cn(C)nc2C)ncc1N. The molecule has 1 amide bonds. The Morgan fingerprint density at radius 2 is 1.96 bits per heavy atom. The zero-order valence-electron chi connectivity index (χ0n) is 16.2. The first kappa shape index (κ1) is 19.2. The monoisotopic (exact) mass is 381 g/mol. The van der Waals surface area contributed by atoms with Gasteiger partial charge in [-0.1, -0.05) is 12.1 Å². The van der Waals surface area contributed by atoms with E-state index in [2.05, 4.69) is 20.7 Å². The van der Waals surface area contributed by atoms with E-state index in [-0.39, 0.29) is 5.91 Å². The smallest absolute Gasteiger partial charge is 0.279 e. The number of nitrogens with one attached hydrogen (secondary N) is 2. The summed E-state index contributed by atoms with van der Waals surface area (Å²) < 4.78 is 1.72. The van der Waals surface area contributed by atoms with E-state index in [1.165, 1.54) is 7.11 Å². The van der Waals surface area contributed by atoms with Crippen LogP contribution in [0.3, 0.4) is 0 Å². The third-order valence-corrected chi connectivity index (χ3v) is 4.20. The van der Waals surface area contributed by atoms with Crippen LogP contribution in [0.1, 0.15) is 16.1 Å². The van der Waals surface area contributed by atoms with Gasteiger partial charge in [0.2, 0.25) is 0 Å². The first-order chi connectivity index (χ1) is 13.4. The van der Waals surface area contributed by atoms with Gasteiger partial charge in [-0.2, -0.15) is 5.10 Å². The number of amides is 1. The minimum Gasteiger partial charge on any atom is -0.396 e. The molecular weight excluding hydrogens is 358 g/mol. The minimum absolute atomic E-state index is 0.275. The molecule has 146 valence electrons. The van der Waals surface area contributed by atoms with Crippen molar-refractivity contribution in [1.29, 1.82) is 0 Å². The molecule has 2 aromatic heterocycles. The molecule has 0 saturated carbocycles. The van der Waals surface area contributed by atoms with Crippen LogP contribution in [0.4, 0.5) is 28.6 Å². The largest absolute Gasteiger partial charge is 0.396 e. The molecule has 2 heterocycles. The zero-order chi connectivity index (χ0) is 20.3. The van der Waals surface area contributed by atoms with Crippen LogP contribution >= 0.6 is 0 Å². The molecule has 0 saturated heterocycles. The van der Waals surface area contributed by atoms with Gasteiger partial charge in [-0.25, -0.2) is 10.0 Å². The van der Waals surface area contributed by atoms with Gasteiger partial charge in [-0.15, -0.1) is 0 Å². The van der Waals surface area contributed by atoms with E-state index >= 15 is 0 Å². The van der Waals surface area contributed by atoms with E-state index in [1.807, 2.05) is 26.2 Å². The number of carbonyl (C=O) groups is 1. The Balaban J connectivity index is 1.89. The predicted molar refractivity (Wildman–Crippen MR) is 109 cm³/mol. The van der Waals surface area contributed by atoms with Crippen LogP contribution in [-0.2, 0) is 11.9 Å². The highest BCUT2D eigenvalue weighted by Gasteiger charge is 2.16. The summed E-state index contributed by atoms with van der Waals surface area (Å²) in [6.45, 7) is 1.91. The second-order valence-corrected chi connectivity index (χ2v) is 6.24. The van der Waals surface area contributed by atoms with Crippen molar-refractivity contribution in [1.82, 2.24) is 19.8 Å². The molecule has 0 aliphatic carbocycles. The first-order valence-corrected chi connectivity index (χ1v) is 8.60. The van der Waals surface area contributed by atoms with Gasteiger partial charge in [0.05, 0.1) is 47.3 Å². The lowest BCUT2D eigenvalue weighted by atomic mass is 10.1. The maximum absolute atomic E-state index is 12.5. The Labute approximate surface area is 163 Å². The molecule has 0 unspecified atom stereocenters. The van der Waals surface area contributed by atoms with Gasteiger partial charge in [0.15, 0.2) is 0 Å². The zero-order valence-corrected chi connectivity index (χ0v) is 16.2. The van der Waals surface area contributed by atoms with Crippen molar-refractivity contribution in [2.24, 2.45) is 7.05 Å². The number of anilines is 5. The number of aromatic nitrogens is 3. The summed E-state index contributed by atoms with van der Waals surface area (Å²) in [5.41, 5.74) is 9.94. The number of rotatable bonds is 6. The third kappa shape index (κ3) is 4.04. The van der Waals surface area contributed by atoms with Crippen LogP contribution in [0.15, 0.2) is 42.7 Å². The summed E-state index contributed by atoms with van der Waals surface area (Å²) in [5.74, 6) is 0.327. The molecule has 3 rings (SSSR count). The lowest BCUT2D eigenvalue weighted by Crippen LogP contribution is -2.26. The van der Waals surface area contributed by atoms with Gasteiger partial charge < -0.3 is 16.4 Å². The van der Waals surface area contributed by atoms with Crippen molar-refractivity contribution in [2.75, 3.05) is 30.5 Å². The minimum atomic E-state index is -0.275. The maximum atomic E-state index is 12.5. The van der Waals surface area contributed by atoms with Gasteiger partial charge in [0.1, 0.15) is 5.82 Å². The summed E-state index contributed by atoms with van der Waals surface area (Å²) in [6, 6.07) is 8.92. The van der Waals surface area contributed by atoms with Crippen molar-refractivity contribution in [3.8, 4) is 0 Å². The molecule has 1 aromatic carbocycles. The van der Waals surface area contributed by atoms with Crippen molar-refractivity contribution in [3.63, 3.8) is 0 Å². The van der Waals surface area contributed by atoms with E-state index in [1.54, 1.807) is 42.2 Å². The number of nitrogens with two attached hydrogens (primary N) is 1. The summed E-state index contributed by atoms with van der Waals surface area (Å²) in [6.07, 6.45) is 3.43. The number of carbonyl (C=O) groups excluding carboxylic acids is 1. The van der Waals surface area contributed by atoms with Crippen LogP contribution in [0.2, 0.25) is 0 Å². The molecule has 0 aliphatic heterocycles. The Morgan fingerprint density at radius 1 is 1.21 bits per heavy atom. The number of benzene rings is 1. The molecule has 0 atom stereocenters. The van der Waals surface area contributed by atoms with E-state index < -0.39 is 0 Å². The molecular formula is C19H23N7O2. The Kier molecular flexibility index (Phi) is 5.46. The van der Waals surface area contributed by atoms with Crippen LogP contribution in [0.25, 0.3) is 0 Å². The van der Waals surface area contributed by atoms with Crippen molar-refractivity contribution in [2.45, 2.75) is 6.92 Å². The van der Waals surface area contributed by atoms with Crippen molar-refractivity contribution < 1.29 is 9.63 Å². The van der Waals surface area contributed by atoms with E-state index in [0.29, 0.717) is 28.4 Å². The highest BCUT2D eigenvalue weighted by atomic mass is 16.7. The number of hydrogen-bond acceptors (Lipinski definition) is 7. The lowest BCUT2D eigenvalue weighted by Gasteiger charge is -2.18. The predicted octanol–water partition coefficient (Wildman–Crippen LogP) is 2.83. The van der Waals surface area contributed by atoms with Crippen LogP contribution in [0.5, 0.6) is 0 Å². The second kappa shape index (κ2) is 7.97. The number of hydrogen-bond donors (Lipinski definition) is 3. The average Bonchev–Trinajstić information content (AvgIpc) is 3.00. The number of pyridine rings is 1. The van der Waals surface area contributed by atoms with Gasteiger partial charge in [-0.05, 0) is 19.1 Å². The highest BCUT2D eigenvalue weighted by Crippen LogP contribution is 2.29. The lowest BCUT2D eigenvalue weighted by molar-refractivity contribution is -0.0756. The normalized spacial score (nSPS) is 10.6. The van der Waals surface area contributed by atoms with Gasteiger partial charge in [-0.3, -0.25) is 14.3 Å². The highest BCUT2D eigenvalue weighted by molar-refractivity contribution is 6.00. The first-order valence-electron chi connectivity index (χ1n) is 8.60. The molecule has 4 N–H and O–H groups in total. The molecule has 3 aromatic rings. The van der Waals surface area contributed by atoms with Gasteiger partial charge in [0, 0.05) is 26.4 Å². The fourth-order valence-corrected chi connectivity index (χ4v) is 2.68. The fourth-order valence-electron chi connectivity index (χ4n) is 2.68. The number of nitrogens with zero attached hydrogens (tertiary/aromatic N) is 4. The summed E-state index contributed by atoms with van der Waals surface area (Å²) in [5, 5.41) is 11.9. The second-order valence-electron chi connectivity index (χ2n) is 6.24. The third-order valence-electron chi connectivity index (χ3n) is 4.20. The summed E-state index contributed by atoms with van der Waals surface area (Å²) in [4.78, 5) is 21.8. The number of aryl methyl sites for hydroxylation is 2. The number of hydroxylamine groups is 2. The van der Waals surface area contributed by atoms with Crippen molar-refractivity contribution in [3.05, 3.63) is 54.0 Å². The van der Waals surface area contributed by atoms with Gasteiger partial charge >= 0.3 is 0 Å². The Morgan fingerprint density at radius 3 is 2.64 bits per heavy atom. The molecule has 28 heavy (non-hydrogen) atoms. The summed E-state index contributed by atoms with van der Waals surface area (Å²) >= 11 is 0. The maximum Gasteiger partial charge on any atom is 0.279 e. The number of para-hydroxylation sites is 1. The summed E-state index contributed by atoms with van der Waals surface area (Å²) in [7, 11) is 4.85. The molecule has 9 heteroatoms. The average molecular weight is 381 g/mol. The van der Waals surface area contributed by atoms with E-state index in [0.717, 1.165) is 16.4 Å². The van der Waals surface area contributed by atoms with Crippen LogP contribution in [0, 0.1) is 6.92 Å². The molecule has 0 bridgehead atoms. The van der Waals surface area contributed by atoms with E-state index in [9.17, 15) is 4.79 Å². The Bertz CT molecular complexity index is 1000. The molecule has 0 spiro atoms. The molecule has 0 aliphatic rings. The van der Waals surface area contributed by atoms with Crippen molar-refractivity contribution >= 4 is 34.5 Å². The topological polar surface area (TPSA) is 110 Å². The molecule has 0 fully saturated rings. The van der Waals surface area contributed by atoms with Gasteiger partial charge in [0.25, 0.3) is 5.91 Å². The van der Waals surface area contributed by atoms with Crippen LogP contribution in [-0.4, -0.2) is 39.9 Å². The standard InChI is InChI=1S/C19H23N7O2/c1-12-17(11-25(2)24-12)23-18-9-16(14(20)10-21-18)22-15-8-6-5-7-13(15)19(27)26(3)28-4/h5-11H,20H2,1-4H3,(H2,21,22,23). The molecule has 0 radical (unpaired) electrons.